The molecule has 3 aromatic rings. The Bertz CT molecular complexity index is 1670. The third-order valence-corrected chi connectivity index (χ3v) is 9.34. The van der Waals surface area contributed by atoms with Crippen molar-refractivity contribution in [1.29, 1.82) is 0 Å². The van der Waals surface area contributed by atoms with Crippen LogP contribution in [0.4, 0.5) is 5.69 Å². The summed E-state index contributed by atoms with van der Waals surface area (Å²) in [6.07, 6.45) is 7.14. The van der Waals surface area contributed by atoms with Crippen LogP contribution in [0.3, 0.4) is 0 Å². The first-order chi connectivity index (χ1) is 19.3. The Morgan fingerprint density at radius 2 is 1.93 bits per heavy atom. The van der Waals surface area contributed by atoms with E-state index in [1.54, 1.807) is 6.08 Å². The van der Waals surface area contributed by atoms with Crippen LogP contribution in [-0.2, 0) is 15.4 Å². The number of sulfonamides is 1. The molecule has 1 aliphatic rings. The zero-order chi connectivity index (χ0) is 30.1. The number of hydrogen-bond donors (Lipinski definition) is 2. The van der Waals surface area contributed by atoms with Crippen molar-refractivity contribution in [2.75, 3.05) is 23.7 Å². The third-order valence-electron chi connectivity index (χ3n) is 7.91. The number of nitrogens with one attached hydrogen (secondary N) is 2. The second-order valence-corrected chi connectivity index (χ2v) is 13.4. The number of anilines is 1. The van der Waals surface area contributed by atoms with E-state index < -0.39 is 10.0 Å². The fourth-order valence-electron chi connectivity index (χ4n) is 5.25. The van der Waals surface area contributed by atoms with E-state index in [1.165, 1.54) is 39.6 Å². The van der Waals surface area contributed by atoms with Crippen LogP contribution in [0.25, 0.3) is 11.7 Å². The predicted octanol–water partition coefficient (Wildman–Crippen LogP) is 5.57. The van der Waals surface area contributed by atoms with Gasteiger partial charge in [-0.2, -0.15) is 4.63 Å². The molecular formula is C31H42N6O3S. The number of Topliss-reactive ketones (excluding diaryl/α,β-unsaturated/α-hetero) is 1. The molecule has 0 fully saturated rings. The molecule has 1 aliphatic heterocycles. The van der Waals surface area contributed by atoms with E-state index in [9.17, 15) is 13.2 Å². The molecule has 1 atom stereocenters. The van der Waals surface area contributed by atoms with Crippen molar-refractivity contribution in [2.24, 2.45) is 0 Å². The first kappa shape index (κ1) is 30.5. The van der Waals surface area contributed by atoms with E-state index in [0.29, 0.717) is 29.1 Å². The van der Waals surface area contributed by atoms with E-state index in [2.05, 4.69) is 83.4 Å². The molecule has 0 saturated heterocycles. The number of likely N-dealkylation sites (N-methyl/N-ethyl adjacent to an activating group) is 1. The Balaban J connectivity index is 1.63. The highest BCUT2D eigenvalue weighted by atomic mass is 32.2. The highest BCUT2D eigenvalue weighted by Gasteiger charge is 2.39. The number of hydrogen-bond acceptors (Lipinski definition) is 6. The summed E-state index contributed by atoms with van der Waals surface area (Å²) in [7, 11) is -3.34. The Labute approximate surface area is 243 Å². The first-order valence-corrected chi connectivity index (χ1v) is 15.9. The van der Waals surface area contributed by atoms with Crippen LogP contribution in [0.5, 0.6) is 0 Å². The summed E-state index contributed by atoms with van der Waals surface area (Å²) in [5.74, 6) is 0.194. The highest BCUT2D eigenvalue weighted by Crippen LogP contribution is 2.48. The van der Waals surface area contributed by atoms with Gasteiger partial charge in [-0.15, -0.1) is 10.8 Å². The van der Waals surface area contributed by atoms with Gasteiger partial charge in [-0.05, 0) is 68.2 Å². The molecule has 0 aliphatic carbocycles. The van der Waals surface area contributed by atoms with E-state index >= 15 is 0 Å². The van der Waals surface area contributed by atoms with Gasteiger partial charge in [0.1, 0.15) is 5.69 Å². The number of aromatic nitrogens is 4. The van der Waals surface area contributed by atoms with Gasteiger partial charge < -0.3 is 4.90 Å². The number of carbonyl (C=O) groups is 1. The van der Waals surface area contributed by atoms with E-state index in [0.717, 1.165) is 13.0 Å². The standard InChI is InChI=1S/C31H42N6O3S/c1-9-11-16-41(39,40)32-19-22(5)29-33-30-24(28(23(6)38)34-37(30)35-29)14-12-13-15-27-31(7,8)25-17-20(3)21(4)18-26(25)36(27)10-2/h13-15,17-18,22,32,34H,9-11,16,19H2,1-8H3. The lowest BCUT2D eigenvalue weighted by molar-refractivity contribution is 0.101. The van der Waals surface area contributed by atoms with Gasteiger partial charge in [-0.25, -0.2) is 18.1 Å². The lowest BCUT2D eigenvalue weighted by Gasteiger charge is -2.25. The maximum Gasteiger partial charge on any atom is 0.211 e. The molecule has 41 heavy (non-hydrogen) atoms. The topological polar surface area (TPSA) is 112 Å². The summed E-state index contributed by atoms with van der Waals surface area (Å²) in [5, 5.41) is 7.51. The number of benzene rings is 1. The van der Waals surface area contributed by atoms with Crippen molar-refractivity contribution < 1.29 is 13.2 Å². The average molecular weight is 579 g/mol. The van der Waals surface area contributed by atoms with Gasteiger partial charge in [0, 0.05) is 42.7 Å². The monoisotopic (exact) mass is 578 g/mol. The van der Waals surface area contributed by atoms with Crippen LogP contribution in [0.1, 0.15) is 98.9 Å². The Kier molecular flexibility index (Phi) is 8.78. The second kappa shape index (κ2) is 11.8. The van der Waals surface area contributed by atoms with Crippen molar-refractivity contribution >= 4 is 33.2 Å². The van der Waals surface area contributed by atoms with Crippen LogP contribution in [0.15, 0.2) is 35.7 Å². The predicted molar refractivity (Wildman–Crippen MR) is 165 cm³/mol. The summed E-state index contributed by atoms with van der Waals surface area (Å²) < 4.78 is 28.5. The molecule has 3 heterocycles. The van der Waals surface area contributed by atoms with Crippen molar-refractivity contribution in [2.45, 2.75) is 79.6 Å². The molecule has 0 radical (unpaired) electrons. The summed E-state index contributed by atoms with van der Waals surface area (Å²) in [6, 6.07) is 4.56. The number of rotatable bonds is 11. The van der Waals surface area contributed by atoms with Gasteiger partial charge in [-0.3, -0.25) is 9.89 Å². The van der Waals surface area contributed by atoms with Crippen molar-refractivity contribution in [3.63, 3.8) is 0 Å². The molecule has 1 aromatic carbocycles. The lowest BCUT2D eigenvalue weighted by atomic mass is 9.82. The number of nitrogens with zero attached hydrogens (tertiary/aromatic N) is 4. The number of H-pyrrole nitrogens is 1. The Hall–Kier alpha value is -3.46. The summed E-state index contributed by atoms with van der Waals surface area (Å²) in [6.45, 7) is 17.3. The van der Waals surface area contributed by atoms with Gasteiger partial charge in [0.25, 0.3) is 0 Å². The first-order valence-electron chi connectivity index (χ1n) is 14.3. The summed E-state index contributed by atoms with van der Waals surface area (Å²) in [5.41, 5.74) is 10.9. The quantitative estimate of drug-likeness (QED) is 0.227. The maximum atomic E-state index is 12.4. The Morgan fingerprint density at radius 3 is 2.59 bits per heavy atom. The van der Waals surface area contributed by atoms with Gasteiger partial charge >= 0.3 is 0 Å². The SMILES string of the molecule is CCCCS(=O)(=O)NCC(C)c1nc2c(C=C=CC=C3N(CC)c4cc(C)c(C)cc4C3(C)C)c(C(C)=O)[nH]n2n1. The van der Waals surface area contributed by atoms with Gasteiger partial charge in [0.15, 0.2) is 17.3 Å². The molecule has 2 N–H and O–H groups in total. The number of allylic oxidation sites excluding steroid dienone is 3. The molecule has 4 rings (SSSR count). The molecule has 0 spiro atoms. The third kappa shape index (κ3) is 6.10. The van der Waals surface area contributed by atoms with E-state index in [-0.39, 0.29) is 29.4 Å². The molecule has 2 aromatic heterocycles. The summed E-state index contributed by atoms with van der Waals surface area (Å²) in [4.78, 5) is 19.4. The molecular weight excluding hydrogens is 536 g/mol. The van der Waals surface area contributed by atoms with Crippen LogP contribution in [-0.4, -0.2) is 52.9 Å². The van der Waals surface area contributed by atoms with E-state index in [4.69, 9.17) is 0 Å². The molecule has 1 unspecified atom stereocenters. The van der Waals surface area contributed by atoms with Crippen LogP contribution in [0.2, 0.25) is 0 Å². The number of fused-ring (bicyclic) bond motifs is 2. The van der Waals surface area contributed by atoms with Crippen LogP contribution in [0, 0.1) is 13.8 Å². The van der Waals surface area contributed by atoms with Crippen molar-refractivity contribution in [3.8, 4) is 0 Å². The zero-order valence-corrected chi connectivity index (χ0v) is 26.2. The zero-order valence-electron chi connectivity index (χ0n) is 25.4. The minimum absolute atomic E-state index is 0.103. The summed E-state index contributed by atoms with van der Waals surface area (Å²) >= 11 is 0. The molecule has 10 heteroatoms. The van der Waals surface area contributed by atoms with E-state index in [1.807, 2.05) is 19.9 Å². The average Bonchev–Trinajstić information content (AvgIpc) is 3.53. The smallest absolute Gasteiger partial charge is 0.211 e. The molecule has 0 saturated carbocycles. The number of ketones is 1. The highest BCUT2D eigenvalue weighted by molar-refractivity contribution is 7.89. The number of aryl methyl sites for hydroxylation is 2. The number of aromatic amines is 1. The second-order valence-electron chi connectivity index (χ2n) is 11.4. The van der Waals surface area contributed by atoms with Gasteiger partial charge in [0.2, 0.25) is 10.0 Å². The van der Waals surface area contributed by atoms with Gasteiger partial charge in [0.05, 0.1) is 11.3 Å². The minimum atomic E-state index is -3.34. The number of unbranched alkanes of at least 4 members (excludes halogenated alkanes) is 1. The molecule has 220 valence electrons. The van der Waals surface area contributed by atoms with Crippen LogP contribution < -0.4 is 9.62 Å². The maximum absolute atomic E-state index is 12.4. The van der Waals surface area contributed by atoms with Gasteiger partial charge in [-0.1, -0.05) is 40.2 Å². The lowest BCUT2D eigenvalue weighted by Crippen LogP contribution is -2.30. The fraction of sp³-hybridized carbons (Fsp3) is 0.484. The number of carbonyl (C=O) groups excluding carboxylic acids is 1. The molecule has 9 nitrogen and oxygen atoms in total. The minimum Gasteiger partial charge on any atom is -0.344 e. The molecule has 0 bridgehead atoms. The van der Waals surface area contributed by atoms with Crippen molar-refractivity contribution in [1.82, 2.24) is 24.5 Å². The largest absolute Gasteiger partial charge is 0.344 e. The molecule has 0 amide bonds. The fourth-order valence-corrected chi connectivity index (χ4v) is 6.57. The van der Waals surface area contributed by atoms with Crippen molar-refractivity contribution in [3.05, 3.63) is 69.5 Å². The van der Waals surface area contributed by atoms with Crippen LogP contribution >= 0.6 is 0 Å². The normalized spacial score (nSPS) is 16.2. The Morgan fingerprint density at radius 1 is 1.22 bits per heavy atom.